The molecule has 0 radical (unpaired) electrons. The van der Waals surface area contributed by atoms with Gasteiger partial charge in [-0.25, -0.2) is 4.79 Å². The Morgan fingerprint density at radius 3 is 2.65 bits per heavy atom. The number of hydrogen-bond donors (Lipinski definition) is 3. The predicted octanol–water partition coefficient (Wildman–Crippen LogP) is 1.21. The second kappa shape index (κ2) is 9.84. The van der Waals surface area contributed by atoms with Crippen LogP contribution in [0.1, 0.15) is 24.8 Å². The third-order valence-electron chi connectivity index (χ3n) is 3.76. The maximum Gasteiger partial charge on any atom is 0.315 e. The van der Waals surface area contributed by atoms with Gasteiger partial charge in [-0.05, 0) is 31.2 Å². The molecule has 1 aromatic rings. The van der Waals surface area contributed by atoms with Crippen molar-refractivity contribution >= 4 is 11.9 Å². The van der Waals surface area contributed by atoms with Crippen LogP contribution in [-0.4, -0.2) is 44.3 Å². The molecule has 3 N–H and O–H groups in total. The van der Waals surface area contributed by atoms with Gasteiger partial charge in [0.2, 0.25) is 5.91 Å². The monoisotopic (exact) mass is 319 g/mol. The van der Waals surface area contributed by atoms with E-state index in [1.54, 1.807) is 0 Å². The Morgan fingerprint density at radius 2 is 1.91 bits per heavy atom. The molecule has 0 aliphatic carbocycles. The maximum atomic E-state index is 11.6. The highest BCUT2D eigenvalue weighted by atomic mass is 16.5. The number of carbonyl (C=O) groups excluding carboxylic acids is 2. The SMILES string of the molecule is O=C(CNC(=O)NCCC1CCCO1)NCCc1ccccc1. The van der Waals surface area contributed by atoms with Crippen molar-refractivity contribution in [2.24, 2.45) is 0 Å². The summed E-state index contributed by atoms with van der Waals surface area (Å²) in [4.78, 5) is 23.2. The van der Waals surface area contributed by atoms with Crippen LogP contribution in [0.4, 0.5) is 4.79 Å². The minimum Gasteiger partial charge on any atom is -0.378 e. The number of rotatable bonds is 8. The van der Waals surface area contributed by atoms with E-state index in [9.17, 15) is 9.59 Å². The van der Waals surface area contributed by atoms with Gasteiger partial charge in [-0.1, -0.05) is 30.3 Å². The molecule has 23 heavy (non-hydrogen) atoms. The van der Waals surface area contributed by atoms with Crippen LogP contribution in [0.2, 0.25) is 0 Å². The fraction of sp³-hybridized carbons (Fsp3) is 0.529. The van der Waals surface area contributed by atoms with Gasteiger partial charge in [0.15, 0.2) is 0 Å². The van der Waals surface area contributed by atoms with Crippen molar-refractivity contribution in [3.05, 3.63) is 35.9 Å². The largest absolute Gasteiger partial charge is 0.378 e. The van der Waals surface area contributed by atoms with Gasteiger partial charge in [0.1, 0.15) is 0 Å². The van der Waals surface area contributed by atoms with E-state index in [0.29, 0.717) is 13.1 Å². The molecular formula is C17H25N3O3. The molecule has 1 atom stereocenters. The van der Waals surface area contributed by atoms with Crippen LogP contribution < -0.4 is 16.0 Å². The minimum atomic E-state index is -0.318. The summed E-state index contributed by atoms with van der Waals surface area (Å²) in [6, 6.07) is 9.63. The number of amides is 3. The molecule has 2 rings (SSSR count). The van der Waals surface area contributed by atoms with Crippen molar-refractivity contribution < 1.29 is 14.3 Å². The number of hydrogen-bond acceptors (Lipinski definition) is 3. The number of carbonyl (C=O) groups is 2. The van der Waals surface area contributed by atoms with E-state index in [1.165, 1.54) is 5.56 Å². The summed E-state index contributed by atoms with van der Waals surface area (Å²) in [5.41, 5.74) is 1.17. The molecule has 3 amide bonds. The molecule has 1 aliphatic rings. The van der Waals surface area contributed by atoms with Gasteiger partial charge >= 0.3 is 6.03 Å². The van der Waals surface area contributed by atoms with Crippen molar-refractivity contribution in [3.63, 3.8) is 0 Å². The lowest BCUT2D eigenvalue weighted by atomic mass is 10.1. The lowest BCUT2D eigenvalue weighted by molar-refractivity contribution is -0.120. The predicted molar refractivity (Wildman–Crippen MR) is 88.1 cm³/mol. The summed E-state index contributed by atoms with van der Waals surface area (Å²) in [5, 5.41) is 8.08. The van der Waals surface area contributed by atoms with Crippen LogP contribution in [0, 0.1) is 0 Å². The standard InChI is InChI=1S/C17H25N3O3/c21-16(18-10-8-14-5-2-1-3-6-14)13-20-17(22)19-11-9-15-7-4-12-23-15/h1-3,5-6,15H,4,7-13H2,(H,18,21)(H2,19,20,22). The zero-order valence-corrected chi connectivity index (χ0v) is 13.3. The van der Waals surface area contributed by atoms with Crippen molar-refractivity contribution in [1.29, 1.82) is 0 Å². The minimum absolute atomic E-state index is 0.0133. The van der Waals surface area contributed by atoms with Crippen LogP contribution in [0.5, 0.6) is 0 Å². The Balaban J connectivity index is 1.49. The van der Waals surface area contributed by atoms with Crippen molar-refractivity contribution in [1.82, 2.24) is 16.0 Å². The molecule has 6 nitrogen and oxygen atoms in total. The molecule has 0 aromatic heterocycles. The zero-order valence-electron chi connectivity index (χ0n) is 13.3. The van der Waals surface area contributed by atoms with Crippen molar-refractivity contribution in [3.8, 4) is 0 Å². The maximum absolute atomic E-state index is 11.6. The van der Waals surface area contributed by atoms with Crippen LogP contribution in [-0.2, 0) is 16.0 Å². The van der Waals surface area contributed by atoms with Gasteiger partial charge in [0.05, 0.1) is 12.6 Å². The third kappa shape index (κ3) is 7.15. The Morgan fingerprint density at radius 1 is 1.09 bits per heavy atom. The van der Waals surface area contributed by atoms with E-state index in [-0.39, 0.29) is 24.6 Å². The Bertz CT molecular complexity index is 487. The quantitative estimate of drug-likeness (QED) is 0.674. The number of urea groups is 1. The van der Waals surface area contributed by atoms with Gasteiger partial charge in [-0.3, -0.25) is 4.79 Å². The topological polar surface area (TPSA) is 79.5 Å². The van der Waals surface area contributed by atoms with Crippen molar-refractivity contribution in [2.45, 2.75) is 31.8 Å². The average Bonchev–Trinajstić information content (AvgIpc) is 3.07. The van der Waals surface area contributed by atoms with Gasteiger partial charge in [-0.2, -0.15) is 0 Å². The molecule has 126 valence electrons. The first-order valence-electron chi connectivity index (χ1n) is 8.18. The first-order valence-corrected chi connectivity index (χ1v) is 8.18. The summed E-state index contributed by atoms with van der Waals surface area (Å²) < 4.78 is 5.48. The van der Waals surface area contributed by atoms with E-state index in [0.717, 1.165) is 32.3 Å². The molecule has 6 heteroatoms. The highest BCUT2D eigenvalue weighted by Gasteiger charge is 2.15. The van der Waals surface area contributed by atoms with Crippen LogP contribution in [0.25, 0.3) is 0 Å². The fourth-order valence-electron chi connectivity index (χ4n) is 2.50. The number of ether oxygens (including phenoxy) is 1. The van der Waals surface area contributed by atoms with Gasteiger partial charge in [0.25, 0.3) is 0 Å². The van der Waals surface area contributed by atoms with E-state index < -0.39 is 0 Å². The summed E-state index contributed by atoms with van der Waals surface area (Å²) in [5.74, 6) is -0.185. The average molecular weight is 319 g/mol. The molecular weight excluding hydrogens is 294 g/mol. The summed E-state index contributed by atoms with van der Waals surface area (Å²) in [6.07, 6.45) is 4.01. The molecule has 1 fully saturated rings. The summed E-state index contributed by atoms with van der Waals surface area (Å²) in [7, 11) is 0. The summed E-state index contributed by atoms with van der Waals surface area (Å²) in [6.45, 7) is 1.93. The van der Waals surface area contributed by atoms with Crippen LogP contribution in [0.15, 0.2) is 30.3 Å². The second-order valence-electron chi connectivity index (χ2n) is 5.62. The third-order valence-corrected chi connectivity index (χ3v) is 3.76. The highest BCUT2D eigenvalue weighted by Crippen LogP contribution is 2.14. The molecule has 1 heterocycles. The van der Waals surface area contributed by atoms with Crippen LogP contribution >= 0.6 is 0 Å². The molecule has 1 aromatic carbocycles. The van der Waals surface area contributed by atoms with Gasteiger partial charge in [0, 0.05) is 19.7 Å². The van der Waals surface area contributed by atoms with Crippen LogP contribution in [0.3, 0.4) is 0 Å². The van der Waals surface area contributed by atoms with E-state index >= 15 is 0 Å². The fourth-order valence-corrected chi connectivity index (χ4v) is 2.50. The Hall–Kier alpha value is -2.08. The smallest absolute Gasteiger partial charge is 0.315 e. The molecule has 0 bridgehead atoms. The van der Waals surface area contributed by atoms with Crippen molar-refractivity contribution in [2.75, 3.05) is 26.2 Å². The van der Waals surface area contributed by atoms with E-state index in [2.05, 4.69) is 16.0 Å². The Labute approximate surface area is 137 Å². The highest BCUT2D eigenvalue weighted by molar-refractivity contribution is 5.83. The first-order chi connectivity index (χ1) is 11.2. The lowest BCUT2D eigenvalue weighted by Crippen LogP contribution is -2.43. The van der Waals surface area contributed by atoms with Gasteiger partial charge in [-0.15, -0.1) is 0 Å². The first kappa shape index (κ1) is 17.3. The summed E-state index contributed by atoms with van der Waals surface area (Å²) >= 11 is 0. The number of nitrogens with one attached hydrogen (secondary N) is 3. The number of benzene rings is 1. The molecule has 0 saturated carbocycles. The Kier molecular flexibility index (Phi) is 7.39. The van der Waals surface area contributed by atoms with E-state index in [1.807, 2.05) is 30.3 Å². The van der Waals surface area contributed by atoms with E-state index in [4.69, 9.17) is 4.74 Å². The molecule has 1 saturated heterocycles. The molecule has 1 aliphatic heterocycles. The lowest BCUT2D eigenvalue weighted by Gasteiger charge is -2.11. The second-order valence-corrected chi connectivity index (χ2v) is 5.62. The van der Waals surface area contributed by atoms with Gasteiger partial charge < -0.3 is 20.7 Å². The molecule has 0 spiro atoms. The zero-order chi connectivity index (χ0) is 16.3. The normalized spacial score (nSPS) is 16.8. The molecule has 1 unspecified atom stereocenters.